The molecule has 0 spiro atoms. The van der Waals surface area contributed by atoms with Crippen molar-refractivity contribution in [3.63, 3.8) is 0 Å². The normalized spacial score (nSPS) is 11.3. The fourth-order valence-corrected chi connectivity index (χ4v) is 6.23. The van der Waals surface area contributed by atoms with Gasteiger partial charge in [0.05, 0.1) is 11.4 Å². The molecule has 2 aromatic carbocycles. The fraction of sp³-hybridized carbons (Fsp3) is 0.529. The summed E-state index contributed by atoms with van der Waals surface area (Å²) < 4.78 is 3.23. The SMILES string of the molecule is CCCCCCCCCCCCCCCCCCNc1[nH]n(-c2ccccc2)c(=O)c1Sc1nnnn1-c1ccccc1. The number of para-hydroxylation sites is 2. The van der Waals surface area contributed by atoms with Crippen LogP contribution in [0.5, 0.6) is 0 Å². The van der Waals surface area contributed by atoms with Crippen LogP contribution in [0, 0.1) is 0 Å². The number of nitrogens with one attached hydrogen (secondary N) is 2. The van der Waals surface area contributed by atoms with Crippen LogP contribution in [-0.4, -0.2) is 36.5 Å². The third-order valence-corrected chi connectivity index (χ3v) is 8.85. The maximum Gasteiger partial charge on any atom is 0.287 e. The molecule has 0 aliphatic rings. The predicted molar refractivity (Wildman–Crippen MR) is 178 cm³/mol. The topological polar surface area (TPSA) is 93.4 Å². The summed E-state index contributed by atoms with van der Waals surface area (Å²) in [4.78, 5) is 14.1. The van der Waals surface area contributed by atoms with Gasteiger partial charge < -0.3 is 5.32 Å². The van der Waals surface area contributed by atoms with Crippen LogP contribution in [0.1, 0.15) is 110 Å². The Kier molecular flexibility index (Phi) is 14.4. The van der Waals surface area contributed by atoms with E-state index in [4.69, 9.17) is 0 Å². The van der Waals surface area contributed by atoms with Crippen molar-refractivity contribution < 1.29 is 0 Å². The zero-order chi connectivity index (χ0) is 30.0. The number of anilines is 1. The highest BCUT2D eigenvalue weighted by Crippen LogP contribution is 2.30. The van der Waals surface area contributed by atoms with Crippen molar-refractivity contribution in [2.75, 3.05) is 11.9 Å². The summed E-state index contributed by atoms with van der Waals surface area (Å²) in [7, 11) is 0. The highest BCUT2D eigenvalue weighted by Gasteiger charge is 2.20. The summed E-state index contributed by atoms with van der Waals surface area (Å²) in [5.41, 5.74) is 1.50. The van der Waals surface area contributed by atoms with Gasteiger partial charge in [0.1, 0.15) is 10.7 Å². The lowest BCUT2D eigenvalue weighted by molar-refractivity contribution is 0.530. The number of benzene rings is 2. The van der Waals surface area contributed by atoms with Crippen molar-refractivity contribution in [2.24, 2.45) is 0 Å². The smallest absolute Gasteiger partial charge is 0.287 e. The van der Waals surface area contributed by atoms with E-state index in [1.165, 1.54) is 108 Å². The van der Waals surface area contributed by atoms with Crippen molar-refractivity contribution >= 4 is 17.6 Å². The van der Waals surface area contributed by atoms with Gasteiger partial charge in [-0.15, -0.1) is 5.10 Å². The summed E-state index contributed by atoms with van der Waals surface area (Å²) in [6.45, 7) is 3.08. The Bertz CT molecular complexity index is 1350. The van der Waals surface area contributed by atoms with Gasteiger partial charge in [0.25, 0.3) is 5.56 Å². The lowest BCUT2D eigenvalue weighted by atomic mass is 10.0. The molecule has 0 amide bonds. The highest BCUT2D eigenvalue weighted by molar-refractivity contribution is 7.99. The molecule has 0 aliphatic carbocycles. The molecule has 2 N–H and O–H groups in total. The number of unbranched alkanes of at least 4 members (excludes halogenated alkanes) is 15. The van der Waals surface area contributed by atoms with Gasteiger partial charge in [-0.05, 0) is 52.9 Å². The van der Waals surface area contributed by atoms with Gasteiger partial charge in [-0.2, -0.15) is 4.68 Å². The number of aromatic amines is 1. The zero-order valence-corrected chi connectivity index (χ0v) is 26.7. The van der Waals surface area contributed by atoms with E-state index >= 15 is 0 Å². The molecular weight excluding hydrogens is 554 g/mol. The molecule has 4 aromatic rings. The first-order valence-corrected chi connectivity index (χ1v) is 17.3. The molecule has 0 unspecified atom stereocenters. The Labute approximate surface area is 261 Å². The molecule has 0 saturated heterocycles. The van der Waals surface area contributed by atoms with Crippen LogP contribution < -0.4 is 10.9 Å². The number of nitrogens with zero attached hydrogens (tertiary/aromatic N) is 5. The van der Waals surface area contributed by atoms with Gasteiger partial charge >= 0.3 is 0 Å². The van der Waals surface area contributed by atoms with Gasteiger partial charge in [0.2, 0.25) is 5.16 Å². The van der Waals surface area contributed by atoms with Crippen LogP contribution >= 0.6 is 11.8 Å². The average Bonchev–Trinajstić information content (AvgIpc) is 3.64. The molecule has 2 heterocycles. The molecular formula is C34H49N7OS. The first kappa shape index (κ1) is 32.6. The number of H-pyrrole nitrogens is 1. The summed E-state index contributed by atoms with van der Waals surface area (Å²) in [5.74, 6) is 0.697. The van der Waals surface area contributed by atoms with Crippen molar-refractivity contribution in [1.29, 1.82) is 0 Å². The Hall–Kier alpha value is -3.33. The minimum Gasteiger partial charge on any atom is -0.369 e. The van der Waals surface area contributed by atoms with E-state index in [-0.39, 0.29) is 5.56 Å². The average molecular weight is 604 g/mol. The maximum atomic E-state index is 13.5. The van der Waals surface area contributed by atoms with Gasteiger partial charge in [-0.3, -0.25) is 9.89 Å². The van der Waals surface area contributed by atoms with Crippen molar-refractivity contribution in [3.8, 4) is 11.4 Å². The van der Waals surface area contributed by atoms with Crippen LogP contribution in [0.2, 0.25) is 0 Å². The van der Waals surface area contributed by atoms with Crippen LogP contribution in [0.4, 0.5) is 5.82 Å². The molecule has 0 bridgehead atoms. The molecule has 4 rings (SSSR count). The Morgan fingerprint density at radius 3 is 1.77 bits per heavy atom. The quantitative estimate of drug-likeness (QED) is 0.0871. The molecule has 9 heteroatoms. The van der Waals surface area contributed by atoms with E-state index in [0.717, 1.165) is 24.3 Å². The number of hydrogen-bond acceptors (Lipinski definition) is 6. The number of aromatic nitrogens is 6. The minimum atomic E-state index is -0.131. The third-order valence-electron chi connectivity index (χ3n) is 7.83. The summed E-state index contributed by atoms with van der Waals surface area (Å²) in [6.07, 6.45) is 21.6. The van der Waals surface area contributed by atoms with Gasteiger partial charge in [0.15, 0.2) is 0 Å². The number of tetrazole rings is 1. The van der Waals surface area contributed by atoms with Gasteiger partial charge in [-0.1, -0.05) is 140 Å². The largest absolute Gasteiger partial charge is 0.369 e. The van der Waals surface area contributed by atoms with Crippen molar-refractivity contribution in [3.05, 3.63) is 71.0 Å². The summed E-state index contributed by atoms with van der Waals surface area (Å²) >= 11 is 1.27. The second-order valence-corrected chi connectivity index (χ2v) is 12.3. The molecule has 2 aromatic heterocycles. The first-order chi connectivity index (χ1) is 21.3. The zero-order valence-electron chi connectivity index (χ0n) is 25.8. The molecule has 0 fully saturated rings. The molecule has 0 radical (unpaired) electrons. The van der Waals surface area contributed by atoms with E-state index in [1.54, 1.807) is 9.36 Å². The van der Waals surface area contributed by atoms with Crippen molar-refractivity contribution in [2.45, 2.75) is 120 Å². The summed E-state index contributed by atoms with van der Waals surface area (Å²) in [5, 5.41) is 19.5. The molecule has 8 nitrogen and oxygen atoms in total. The Balaban J connectivity index is 1.19. The number of rotatable bonds is 22. The Morgan fingerprint density at radius 1 is 0.698 bits per heavy atom. The van der Waals surface area contributed by atoms with E-state index in [1.807, 2.05) is 60.7 Å². The minimum absolute atomic E-state index is 0.131. The number of hydrogen-bond donors (Lipinski definition) is 2. The van der Waals surface area contributed by atoms with E-state index in [2.05, 4.69) is 32.9 Å². The Morgan fingerprint density at radius 2 is 1.21 bits per heavy atom. The molecule has 43 heavy (non-hydrogen) atoms. The second-order valence-electron chi connectivity index (χ2n) is 11.3. The van der Waals surface area contributed by atoms with Crippen molar-refractivity contribution in [1.82, 2.24) is 30.0 Å². The molecule has 0 saturated carbocycles. The predicted octanol–water partition coefficient (Wildman–Crippen LogP) is 8.97. The van der Waals surface area contributed by atoms with Crippen LogP contribution in [-0.2, 0) is 0 Å². The lowest BCUT2D eigenvalue weighted by Crippen LogP contribution is -2.15. The second kappa shape index (κ2) is 19.1. The third kappa shape index (κ3) is 10.7. The van der Waals surface area contributed by atoms with E-state index in [9.17, 15) is 4.79 Å². The molecule has 232 valence electrons. The molecule has 0 aliphatic heterocycles. The van der Waals surface area contributed by atoms with Gasteiger partial charge in [-0.25, -0.2) is 4.68 Å². The van der Waals surface area contributed by atoms with E-state index in [0.29, 0.717) is 15.9 Å². The molecule has 0 atom stereocenters. The maximum absolute atomic E-state index is 13.5. The first-order valence-electron chi connectivity index (χ1n) is 16.4. The highest BCUT2D eigenvalue weighted by atomic mass is 32.2. The van der Waals surface area contributed by atoms with Gasteiger partial charge in [0, 0.05) is 6.54 Å². The van der Waals surface area contributed by atoms with Crippen LogP contribution in [0.15, 0.2) is 75.5 Å². The summed E-state index contributed by atoms with van der Waals surface area (Å²) in [6, 6.07) is 19.3. The fourth-order valence-electron chi connectivity index (χ4n) is 5.35. The monoisotopic (exact) mass is 603 g/mol. The van der Waals surface area contributed by atoms with E-state index < -0.39 is 0 Å². The standard InChI is InChI=1S/C34H49N7OS/c1-2-3-4-5-6-7-8-9-10-11-12-13-14-15-16-23-28-35-32-31(33(42)40(37-32)29-24-19-17-20-25-29)43-34-36-38-39-41(34)30-26-21-18-22-27-30/h17-22,24-27,35,37H,2-16,23,28H2,1H3. The lowest BCUT2D eigenvalue weighted by Gasteiger charge is -2.07. The van der Waals surface area contributed by atoms with Crippen LogP contribution in [0.3, 0.4) is 0 Å². The van der Waals surface area contributed by atoms with Crippen LogP contribution in [0.25, 0.3) is 11.4 Å².